The fourth-order valence-corrected chi connectivity index (χ4v) is 3.42. The summed E-state index contributed by atoms with van der Waals surface area (Å²) >= 11 is 0. The van der Waals surface area contributed by atoms with E-state index in [-0.39, 0.29) is 5.69 Å². The molecular formula is C22H19N3O3. The predicted octanol–water partition coefficient (Wildman–Crippen LogP) is 4.23. The molecule has 0 aliphatic rings. The molecule has 3 aromatic heterocycles. The maximum atomic E-state index is 11.3. The molecule has 0 fully saturated rings. The Hall–Kier alpha value is -3.67. The second-order valence-electron chi connectivity index (χ2n) is 6.58. The second-order valence-corrected chi connectivity index (χ2v) is 6.58. The summed E-state index contributed by atoms with van der Waals surface area (Å²) in [6.07, 6.45) is 4.04. The Bertz CT molecular complexity index is 1170. The average Bonchev–Trinajstić information content (AvgIpc) is 3.05. The number of carbonyl (C=O) groups is 1. The number of aryl methyl sites for hydroxylation is 1. The molecule has 6 heteroatoms. The minimum atomic E-state index is -1.03. The second kappa shape index (κ2) is 7.15. The number of hydrogen-bond acceptors (Lipinski definition) is 4. The van der Waals surface area contributed by atoms with Gasteiger partial charge in [0.15, 0.2) is 0 Å². The molecule has 3 heterocycles. The first-order valence-electron chi connectivity index (χ1n) is 8.85. The van der Waals surface area contributed by atoms with Crippen LogP contribution in [0.3, 0.4) is 0 Å². The van der Waals surface area contributed by atoms with Crippen LogP contribution in [-0.4, -0.2) is 33.1 Å². The summed E-state index contributed by atoms with van der Waals surface area (Å²) < 4.78 is 5.46. The monoisotopic (exact) mass is 373 g/mol. The van der Waals surface area contributed by atoms with E-state index in [0.29, 0.717) is 12.1 Å². The summed E-state index contributed by atoms with van der Waals surface area (Å²) in [5.74, 6) is -0.224. The highest BCUT2D eigenvalue weighted by molar-refractivity contribution is 5.92. The summed E-state index contributed by atoms with van der Waals surface area (Å²) in [5, 5.41) is 10.3. The number of nitrogens with one attached hydrogen (secondary N) is 1. The average molecular weight is 373 g/mol. The largest absolute Gasteiger partial charge is 0.496 e. The van der Waals surface area contributed by atoms with Crippen LogP contribution in [0.1, 0.15) is 27.3 Å². The maximum Gasteiger partial charge on any atom is 0.354 e. The van der Waals surface area contributed by atoms with E-state index >= 15 is 0 Å². The Morgan fingerprint density at radius 3 is 2.79 bits per heavy atom. The van der Waals surface area contributed by atoms with Crippen molar-refractivity contribution in [2.45, 2.75) is 13.3 Å². The van der Waals surface area contributed by atoms with E-state index in [1.165, 1.54) is 6.07 Å². The van der Waals surface area contributed by atoms with Crippen LogP contribution in [0, 0.1) is 6.92 Å². The molecule has 140 valence electrons. The zero-order valence-corrected chi connectivity index (χ0v) is 15.6. The molecule has 0 spiro atoms. The SMILES string of the molecule is COc1cc2[nH]c(-c3cccnc3)c(Cc3cccc(C(=O)O)n3)c2cc1C. The molecule has 0 atom stereocenters. The molecule has 0 bridgehead atoms. The van der Waals surface area contributed by atoms with E-state index in [0.717, 1.165) is 39.0 Å². The van der Waals surface area contributed by atoms with Gasteiger partial charge in [-0.3, -0.25) is 4.98 Å². The lowest BCUT2D eigenvalue weighted by Crippen LogP contribution is -2.03. The number of carboxylic acid groups (broad SMARTS) is 1. The van der Waals surface area contributed by atoms with Crippen LogP contribution in [-0.2, 0) is 6.42 Å². The molecule has 4 rings (SSSR count). The fourth-order valence-electron chi connectivity index (χ4n) is 3.42. The van der Waals surface area contributed by atoms with Gasteiger partial charge < -0.3 is 14.8 Å². The van der Waals surface area contributed by atoms with E-state index < -0.39 is 5.97 Å². The number of methoxy groups -OCH3 is 1. The van der Waals surface area contributed by atoms with Crippen LogP contribution < -0.4 is 4.74 Å². The standard InChI is InChI=1S/C22H19N3O3/c1-13-9-16-17(10-15-6-3-7-18(24-15)22(26)27)21(14-5-4-8-23-12-14)25-19(16)11-20(13)28-2/h3-9,11-12,25H,10H2,1-2H3,(H,26,27). The van der Waals surface area contributed by atoms with Gasteiger partial charge in [-0.15, -0.1) is 0 Å². The molecule has 6 nitrogen and oxygen atoms in total. The quantitative estimate of drug-likeness (QED) is 0.546. The Morgan fingerprint density at radius 1 is 1.21 bits per heavy atom. The molecule has 28 heavy (non-hydrogen) atoms. The highest BCUT2D eigenvalue weighted by atomic mass is 16.5. The van der Waals surface area contributed by atoms with Crippen molar-refractivity contribution in [1.29, 1.82) is 0 Å². The molecule has 4 aromatic rings. The Balaban J connectivity index is 1.90. The van der Waals surface area contributed by atoms with Crippen LogP contribution >= 0.6 is 0 Å². The molecule has 0 amide bonds. The number of rotatable bonds is 5. The summed E-state index contributed by atoms with van der Waals surface area (Å²) in [5.41, 5.74) is 5.66. The Labute approximate surface area is 161 Å². The van der Waals surface area contributed by atoms with Gasteiger partial charge in [0.2, 0.25) is 0 Å². The predicted molar refractivity (Wildman–Crippen MR) is 107 cm³/mol. The minimum absolute atomic E-state index is 0.0399. The van der Waals surface area contributed by atoms with Crippen molar-refractivity contribution in [1.82, 2.24) is 15.0 Å². The number of benzene rings is 1. The molecule has 0 saturated carbocycles. The third kappa shape index (κ3) is 3.20. The van der Waals surface area contributed by atoms with E-state index in [1.807, 2.05) is 31.2 Å². The van der Waals surface area contributed by atoms with Crippen LogP contribution in [0.2, 0.25) is 0 Å². The number of aromatic carboxylic acids is 1. The number of pyridine rings is 2. The van der Waals surface area contributed by atoms with Gasteiger partial charge in [0.1, 0.15) is 11.4 Å². The van der Waals surface area contributed by atoms with Gasteiger partial charge in [-0.1, -0.05) is 6.07 Å². The lowest BCUT2D eigenvalue weighted by molar-refractivity contribution is 0.0690. The molecule has 0 radical (unpaired) electrons. The number of H-pyrrole nitrogens is 1. The van der Waals surface area contributed by atoms with Gasteiger partial charge in [-0.2, -0.15) is 0 Å². The zero-order chi connectivity index (χ0) is 19.7. The van der Waals surface area contributed by atoms with Crippen LogP contribution in [0.4, 0.5) is 0 Å². The van der Waals surface area contributed by atoms with E-state index in [9.17, 15) is 9.90 Å². The first-order valence-corrected chi connectivity index (χ1v) is 8.85. The van der Waals surface area contributed by atoms with Crippen molar-refractivity contribution >= 4 is 16.9 Å². The summed E-state index contributed by atoms with van der Waals surface area (Å²) in [6, 6.07) is 13.0. The first kappa shape index (κ1) is 17.7. The van der Waals surface area contributed by atoms with Crippen molar-refractivity contribution in [3.8, 4) is 17.0 Å². The Kier molecular flexibility index (Phi) is 4.53. The summed E-state index contributed by atoms with van der Waals surface area (Å²) in [6.45, 7) is 2.00. The smallest absolute Gasteiger partial charge is 0.354 e. The van der Waals surface area contributed by atoms with Crippen molar-refractivity contribution < 1.29 is 14.6 Å². The number of fused-ring (bicyclic) bond motifs is 1. The third-order valence-corrected chi connectivity index (χ3v) is 4.76. The highest BCUT2D eigenvalue weighted by Gasteiger charge is 2.17. The highest BCUT2D eigenvalue weighted by Crippen LogP contribution is 2.35. The van der Waals surface area contributed by atoms with Gasteiger partial charge in [0.05, 0.1) is 12.8 Å². The molecule has 0 unspecified atom stereocenters. The van der Waals surface area contributed by atoms with Crippen LogP contribution in [0.15, 0.2) is 54.9 Å². The maximum absolute atomic E-state index is 11.3. The number of aromatic amines is 1. The number of nitrogens with zero attached hydrogens (tertiary/aromatic N) is 2. The first-order chi connectivity index (χ1) is 13.6. The minimum Gasteiger partial charge on any atom is -0.496 e. The van der Waals surface area contributed by atoms with Crippen molar-refractivity contribution in [3.05, 3.63) is 77.4 Å². The lowest BCUT2D eigenvalue weighted by atomic mass is 10.0. The fraction of sp³-hybridized carbons (Fsp3) is 0.136. The molecule has 0 saturated heterocycles. The van der Waals surface area contributed by atoms with Crippen molar-refractivity contribution in [3.63, 3.8) is 0 Å². The number of carboxylic acids is 1. The Morgan fingerprint density at radius 2 is 2.07 bits per heavy atom. The third-order valence-electron chi connectivity index (χ3n) is 4.76. The molecule has 1 aromatic carbocycles. The van der Waals surface area contributed by atoms with E-state index in [4.69, 9.17) is 4.74 Å². The van der Waals surface area contributed by atoms with Crippen LogP contribution in [0.5, 0.6) is 5.75 Å². The van der Waals surface area contributed by atoms with Crippen molar-refractivity contribution in [2.24, 2.45) is 0 Å². The van der Waals surface area contributed by atoms with Crippen LogP contribution in [0.25, 0.3) is 22.2 Å². The molecule has 0 aliphatic heterocycles. The summed E-state index contributed by atoms with van der Waals surface area (Å²) in [7, 11) is 1.65. The normalized spacial score (nSPS) is 10.9. The molecule has 0 aliphatic carbocycles. The van der Waals surface area contributed by atoms with E-state index in [2.05, 4.69) is 21.0 Å². The van der Waals surface area contributed by atoms with Gasteiger partial charge in [0, 0.05) is 47.0 Å². The number of aromatic nitrogens is 3. The zero-order valence-electron chi connectivity index (χ0n) is 15.6. The van der Waals surface area contributed by atoms with Gasteiger partial charge in [0.25, 0.3) is 0 Å². The van der Waals surface area contributed by atoms with Gasteiger partial charge >= 0.3 is 5.97 Å². The van der Waals surface area contributed by atoms with E-state index in [1.54, 1.807) is 25.6 Å². The molecule has 2 N–H and O–H groups in total. The molecular weight excluding hydrogens is 354 g/mol. The van der Waals surface area contributed by atoms with Crippen molar-refractivity contribution in [2.75, 3.05) is 7.11 Å². The lowest BCUT2D eigenvalue weighted by Gasteiger charge is -2.07. The van der Waals surface area contributed by atoms with Gasteiger partial charge in [-0.05, 0) is 48.4 Å². The number of hydrogen-bond donors (Lipinski definition) is 2. The topological polar surface area (TPSA) is 88.1 Å². The van der Waals surface area contributed by atoms with Gasteiger partial charge in [-0.25, -0.2) is 9.78 Å². The summed E-state index contributed by atoms with van der Waals surface area (Å²) in [4.78, 5) is 23.3. The number of ether oxygens (including phenoxy) is 1.